The van der Waals surface area contributed by atoms with Gasteiger partial charge in [-0.25, -0.2) is 0 Å². The van der Waals surface area contributed by atoms with Crippen molar-refractivity contribution in [2.45, 2.75) is 63.7 Å². The predicted octanol–water partition coefficient (Wildman–Crippen LogP) is 4.76. The van der Waals surface area contributed by atoms with E-state index in [4.69, 9.17) is 0 Å². The van der Waals surface area contributed by atoms with Gasteiger partial charge in [0.25, 0.3) is 0 Å². The average Bonchev–Trinajstić information content (AvgIpc) is 2.59. The van der Waals surface area contributed by atoms with Gasteiger partial charge in [-0.3, -0.25) is 13.8 Å². The summed E-state index contributed by atoms with van der Waals surface area (Å²) in [4.78, 5) is 24.7. The first-order valence-corrected chi connectivity index (χ1v) is 11.3. The third-order valence-electron chi connectivity index (χ3n) is 3.69. The third kappa shape index (κ3) is 9.80. The number of para-hydroxylation sites is 1. The van der Waals surface area contributed by atoms with E-state index in [1.165, 1.54) is 11.8 Å². The molecule has 1 aromatic rings. The van der Waals surface area contributed by atoms with Gasteiger partial charge in [0.05, 0.1) is 5.69 Å². The lowest BCUT2D eigenvalue weighted by atomic mass is 10.1. The van der Waals surface area contributed by atoms with Crippen molar-refractivity contribution in [2.24, 2.45) is 0 Å². The molecule has 0 aliphatic heterocycles. The fourth-order valence-corrected chi connectivity index (χ4v) is 4.04. The van der Waals surface area contributed by atoms with Crippen molar-refractivity contribution in [1.82, 2.24) is 0 Å². The number of nitrogens with one attached hydrogen (secondary N) is 1. The standard InChI is InChI=1S/C19H29NO3S2/c1-3-11-19(22)24-17-13-9-8-12-16(17)20-18(21)14-7-5-6-10-15-25(23)4-2/h8-9,12-13H,3-7,10-11,14-15H2,1-2H3,(H,20,21). The van der Waals surface area contributed by atoms with E-state index in [1.807, 2.05) is 38.1 Å². The van der Waals surface area contributed by atoms with E-state index in [-0.39, 0.29) is 11.0 Å². The molecule has 1 amide bonds. The predicted molar refractivity (Wildman–Crippen MR) is 107 cm³/mol. The van der Waals surface area contributed by atoms with Crippen LogP contribution in [0.4, 0.5) is 5.69 Å². The van der Waals surface area contributed by atoms with E-state index in [9.17, 15) is 13.8 Å². The quantitative estimate of drug-likeness (QED) is 0.417. The monoisotopic (exact) mass is 383 g/mol. The van der Waals surface area contributed by atoms with Crippen LogP contribution >= 0.6 is 11.8 Å². The molecule has 6 heteroatoms. The summed E-state index contributed by atoms with van der Waals surface area (Å²) in [6.45, 7) is 3.92. The van der Waals surface area contributed by atoms with Crippen molar-refractivity contribution in [3.8, 4) is 0 Å². The Morgan fingerprint density at radius 1 is 1.04 bits per heavy atom. The van der Waals surface area contributed by atoms with Gasteiger partial charge < -0.3 is 5.32 Å². The second kappa shape index (κ2) is 13.1. The van der Waals surface area contributed by atoms with Crippen molar-refractivity contribution in [3.63, 3.8) is 0 Å². The number of hydrogen-bond donors (Lipinski definition) is 1. The van der Waals surface area contributed by atoms with Crippen LogP contribution in [0.25, 0.3) is 0 Å². The average molecular weight is 384 g/mol. The van der Waals surface area contributed by atoms with Gasteiger partial charge >= 0.3 is 0 Å². The number of thioether (sulfide) groups is 1. The fraction of sp³-hybridized carbons (Fsp3) is 0.579. The number of benzene rings is 1. The van der Waals surface area contributed by atoms with E-state index in [0.717, 1.165) is 48.5 Å². The van der Waals surface area contributed by atoms with Crippen LogP contribution in [0.3, 0.4) is 0 Å². The molecule has 1 unspecified atom stereocenters. The number of rotatable bonds is 12. The first kappa shape index (κ1) is 21.9. The fourth-order valence-electron chi connectivity index (χ4n) is 2.30. The molecule has 0 saturated carbocycles. The summed E-state index contributed by atoms with van der Waals surface area (Å²) in [5, 5.41) is 3.03. The number of carbonyl (C=O) groups excluding carboxylic acids is 2. The van der Waals surface area contributed by atoms with Crippen LogP contribution < -0.4 is 5.32 Å². The molecule has 140 valence electrons. The van der Waals surface area contributed by atoms with Crippen molar-refractivity contribution >= 4 is 39.3 Å². The minimum absolute atomic E-state index is 0.0203. The lowest BCUT2D eigenvalue weighted by Gasteiger charge is -2.10. The summed E-state index contributed by atoms with van der Waals surface area (Å²) in [6, 6.07) is 7.43. The molecule has 1 N–H and O–H groups in total. The second-order valence-corrected chi connectivity index (χ2v) is 8.83. The minimum atomic E-state index is -0.686. The van der Waals surface area contributed by atoms with Gasteiger partial charge in [-0.05, 0) is 43.2 Å². The molecule has 0 fully saturated rings. The van der Waals surface area contributed by atoms with Crippen LogP contribution in [-0.2, 0) is 20.4 Å². The van der Waals surface area contributed by atoms with E-state index in [1.54, 1.807) is 0 Å². The lowest BCUT2D eigenvalue weighted by Crippen LogP contribution is -2.12. The van der Waals surface area contributed by atoms with Crippen LogP contribution in [0.15, 0.2) is 29.2 Å². The molecular weight excluding hydrogens is 354 g/mol. The van der Waals surface area contributed by atoms with Crippen molar-refractivity contribution < 1.29 is 13.8 Å². The molecule has 1 atom stereocenters. The van der Waals surface area contributed by atoms with E-state index >= 15 is 0 Å². The van der Waals surface area contributed by atoms with Crippen molar-refractivity contribution in [1.29, 1.82) is 0 Å². The molecule has 0 heterocycles. The van der Waals surface area contributed by atoms with Crippen LogP contribution in [0, 0.1) is 0 Å². The van der Waals surface area contributed by atoms with Crippen LogP contribution in [0.1, 0.15) is 58.8 Å². The maximum Gasteiger partial charge on any atom is 0.224 e. The van der Waals surface area contributed by atoms with Gasteiger partial charge in [0.2, 0.25) is 5.91 Å². The Bertz CT molecular complexity index is 576. The molecule has 4 nitrogen and oxygen atoms in total. The molecule has 0 bridgehead atoms. The van der Waals surface area contributed by atoms with Gasteiger partial charge in [-0.15, -0.1) is 0 Å². The van der Waals surface area contributed by atoms with Crippen molar-refractivity contribution in [3.05, 3.63) is 24.3 Å². The molecule has 1 rings (SSSR count). The first-order valence-electron chi connectivity index (χ1n) is 9.01. The van der Waals surface area contributed by atoms with E-state index < -0.39 is 10.8 Å². The van der Waals surface area contributed by atoms with Crippen LogP contribution in [0.2, 0.25) is 0 Å². The molecule has 0 saturated heterocycles. The van der Waals surface area contributed by atoms with Gasteiger partial charge in [0.1, 0.15) is 0 Å². The maximum absolute atomic E-state index is 12.1. The normalized spacial score (nSPS) is 11.9. The highest BCUT2D eigenvalue weighted by Crippen LogP contribution is 2.28. The summed E-state index contributed by atoms with van der Waals surface area (Å²) in [5.41, 5.74) is 0.709. The van der Waals surface area contributed by atoms with Gasteiger partial charge in [-0.2, -0.15) is 0 Å². The highest BCUT2D eigenvalue weighted by atomic mass is 32.2. The van der Waals surface area contributed by atoms with E-state index in [0.29, 0.717) is 18.5 Å². The summed E-state index contributed by atoms with van der Waals surface area (Å²) >= 11 is 1.19. The lowest BCUT2D eigenvalue weighted by molar-refractivity contribution is -0.116. The highest BCUT2D eigenvalue weighted by Gasteiger charge is 2.10. The molecule has 25 heavy (non-hydrogen) atoms. The summed E-state index contributed by atoms with van der Waals surface area (Å²) in [7, 11) is -0.686. The molecule has 0 aromatic heterocycles. The topological polar surface area (TPSA) is 63.2 Å². The molecule has 0 radical (unpaired) electrons. The first-order chi connectivity index (χ1) is 12.1. The number of anilines is 1. The number of hydrogen-bond acceptors (Lipinski definition) is 4. The Morgan fingerprint density at radius 3 is 2.48 bits per heavy atom. The zero-order valence-corrected chi connectivity index (χ0v) is 16.8. The number of amides is 1. The molecule has 0 aliphatic rings. The summed E-state index contributed by atoms with van der Waals surface area (Å²) < 4.78 is 11.3. The number of unbranched alkanes of at least 4 members (excludes halogenated alkanes) is 3. The van der Waals surface area contributed by atoms with Crippen LogP contribution in [0.5, 0.6) is 0 Å². The van der Waals surface area contributed by atoms with Crippen molar-refractivity contribution in [2.75, 3.05) is 16.8 Å². The maximum atomic E-state index is 12.1. The summed E-state index contributed by atoms with van der Waals surface area (Å²) in [5.74, 6) is 1.47. The second-order valence-electron chi connectivity index (χ2n) is 5.87. The third-order valence-corrected chi connectivity index (χ3v) is 6.08. The van der Waals surface area contributed by atoms with E-state index in [2.05, 4.69) is 5.32 Å². The zero-order valence-electron chi connectivity index (χ0n) is 15.2. The molecule has 0 spiro atoms. The highest BCUT2D eigenvalue weighted by molar-refractivity contribution is 8.13. The van der Waals surface area contributed by atoms with Crippen LogP contribution in [-0.4, -0.2) is 26.7 Å². The van der Waals surface area contributed by atoms with Gasteiger partial charge in [-0.1, -0.05) is 38.8 Å². The van der Waals surface area contributed by atoms with Gasteiger partial charge in [0.15, 0.2) is 5.12 Å². The number of carbonyl (C=O) groups is 2. The smallest absolute Gasteiger partial charge is 0.224 e. The SMILES string of the molecule is CCCC(=O)Sc1ccccc1NC(=O)CCCCCCS(=O)CC. The Hall–Kier alpha value is -1.14. The Kier molecular flexibility index (Phi) is 11.5. The Morgan fingerprint density at radius 2 is 1.76 bits per heavy atom. The Balaban J connectivity index is 2.34. The minimum Gasteiger partial charge on any atom is -0.325 e. The van der Waals surface area contributed by atoms with Gasteiger partial charge in [0, 0.05) is 40.0 Å². The summed E-state index contributed by atoms with van der Waals surface area (Å²) in [6.07, 6.45) is 5.60. The molecule has 0 aliphatic carbocycles. The zero-order chi connectivity index (χ0) is 18.5. The largest absolute Gasteiger partial charge is 0.325 e. The molecular formula is C19H29NO3S2. The Labute approximate surface area is 158 Å². The molecule has 1 aromatic carbocycles.